The minimum Gasteiger partial charge on any atom is -0.467 e. The number of ether oxygens (including phenoxy) is 1. The Morgan fingerprint density at radius 2 is 1.42 bits per heavy atom. The molecule has 9 heteroatoms. The van der Waals surface area contributed by atoms with Crippen LogP contribution in [-0.2, 0) is 17.8 Å². The smallest absolute Gasteiger partial charge is 0.232 e. The number of anilines is 3. The Morgan fingerprint density at radius 1 is 0.846 bits per heavy atom. The van der Waals surface area contributed by atoms with Crippen molar-refractivity contribution in [2.75, 3.05) is 41.8 Å². The highest BCUT2D eigenvalue weighted by molar-refractivity contribution is 5.44. The zero-order valence-electron chi connectivity index (χ0n) is 14.2. The summed E-state index contributed by atoms with van der Waals surface area (Å²) in [5, 5.41) is 6.37. The summed E-state index contributed by atoms with van der Waals surface area (Å²) in [5.74, 6) is 3.21. The fraction of sp³-hybridized carbons (Fsp3) is 0.353. The third-order valence-corrected chi connectivity index (χ3v) is 3.92. The quantitative estimate of drug-likeness (QED) is 0.659. The summed E-state index contributed by atoms with van der Waals surface area (Å²) >= 11 is 0. The van der Waals surface area contributed by atoms with Crippen LogP contribution in [0.2, 0.25) is 0 Å². The molecule has 0 atom stereocenters. The van der Waals surface area contributed by atoms with Crippen molar-refractivity contribution in [1.29, 1.82) is 0 Å². The minimum absolute atomic E-state index is 0.486. The number of hydrogen-bond donors (Lipinski definition) is 2. The Balaban J connectivity index is 1.51. The number of nitrogens with one attached hydrogen (secondary N) is 2. The van der Waals surface area contributed by atoms with Crippen LogP contribution < -0.4 is 15.5 Å². The van der Waals surface area contributed by atoms with E-state index in [-0.39, 0.29) is 0 Å². The van der Waals surface area contributed by atoms with Gasteiger partial charge in [0.2, 0.25) is 17.8 Å². The fourth-order valence-corrected chi connectivity index (χ4v) is 2.59. The van der Waals surface area contributed by atoms with Crippen molar-refractivity contribution in [3.8, 4) is 0 Å². The third kappa shape index (κ3) is 4.12. The molecule has 0 bridgehead atoms. The average molecular weight is 356 g/mol. The maximum Gasteiger partial charge on any atom is 0.232 e. The molecule has 1 aliphatic rings. The lowest BCUT2D eigenvalue weighted by atomic mass is 10.4. The standard InChI is InChI=1S/C17H20N6O3/c1-3-13(25-7-1)11-18-15-20-16(19-12-14-4-2-8-26-14)22-17(21-15)23-5-9-24-10-6-23/h1-4,7-8H,5-6,9-12H2,(H2,18,19,20,21,22). The minimum atomic E-state index is 0.486. The first-order valence-electron chi connectivity index (χ1n) is 8.48. The number of hydrogen-bond acceptors (Lipinski definition) is 9. The van der Waals surface area contributed by atoms with Gasteiger partial charge in [0.15, 0.2) is 0 Å². The Bertz CT molecular complexity index is 744. The monoisotopic (exact) mass is 356 g/mol. The van der Waals surface area contributed by atoms with Crippen molar-refractivity contribution in [3.05, 3.63) is 48.3 Å². The van der Waals surface area contributed by atoms with Gasteiger partial charge in [-0.1, -0.05) is 0 Å². The Kier molecular flexibility index (Phi) is 4.97. The van der Waals surface area contributed by atoms with Gasteiger partial charge >= 0.3 is 0 Å². The van der Waals surface area contributed by atoms with E-state index in [9.17, 15) is 0 Å². The summed E-state index contributed by atoms with van der Waals surface area (Å²) in [7, 11) is 0. The Hall–Kier alpha value is -3.07. The summed E-state index contributed by atoms with van der Waals surface area (Å²) in [5.41, 5.74) is 0. The van der Waals surface area contributed by atoms with E-state index in [2.05, 4.69) is 30.5 Å². The SMILES string of the molecule is c1coc(CNc2nc(NCc3ccco3)nc(N3CCOCC3)n2)c1. The predicted octanol–water partition coefficient (Wildman–Crippen LogP) is 2.12. The molecule has 0 radical (unpaired) electrons. The number of morpholine rings is 1. The molecule has 1 aliphatic heterocycles. The molecule has 136 valence electrons. The first-order valence-corrected chi connectivity index (χ1v) is 8.48. The van der Waals surface area contributed by atoms with Crippen LogP contribution in [0.4, 0.5) is 17.8 Å². The van der Waals surface area contributed by atoms with E-state index in [1.807, 2.05) is 24.3 Å². The van der Waals surface area contributed by atoms with Gasteiger partial charge in [0.05, 0.1) is 38.8 Å². The Labute approximate surface area is 150 Å². The molecule has 0 saturated carbocycles. The van der Waals surface area contributed by atoms with Crippen LogP contribution >= 0.6 is 0 Å². The number of furan rings is 2. The van der Waals surface area contributed by atoms with Crippen molar-refractivity contribution in [3.63, 3.8) is 0 Å². The first kappa shape index (κ1) is 16.4. The third-order valence-electron chi connectivity index (χ3n) is 3.92. The van der Waals surface area contributed by atoms with E-state index in [0.717, 1.165) is 24.6 Å². The van der Waals surface area contributed by atoms with Crippen LogP contribution in [0.3, 0.4) is 0 Å². The molecule has 1 saturated heterocycles. The average Bonchev–Trinajstić information content (AvgIpc) is 3.39. The van der Waals surface area contributed by atoms with Gasteiger partial charge in [-0.3, -0.25) is 0 Å². The van der Waals surface area contributed by atoms with Crippen LogP contribution in [0.5, 0.6) is 0 Å². The van der Waals surface area contributed by atoms with E-state index >= 15 is 0 Å². The van der Waals surface area contributed by atoms with Gasteiger partial charge < -0.3 is 29.1 Å². The van der Waals surface area contributed by atoms with Gasteiger partial charge in [0.25, 0.3) is 0 Å². The summed E-state index contributed by atoms with van der Waals surface area (Å²) in [4.78, 5) is 15.6. The zero-order chi connectivity index (χ0) is 17.6. The normalized spacial score (nSPS) is 14.4. The lowest BCUT2D eigenvalue weighted by molar-refractivity contribution is 0.122. The molecule has 0 aliphatic carbocycles. The molecule has 2 N–H and O–H groups in total. The molecular formula is C17H20N6O3. The molecule has 0 unspecified atom stereocenters. The zero-order valence-corrected chi connectivity index (χ0v) is 14.2. The van der Waals surface area contributed by atoms with E-state index in [1.165, 1.54) is 0 Å². The summed E-state index contributed by atoms with van der Waals surface area (Å²) in [6.45, 7) is 3.82. The molecule has 1 fully saturated rings. The lowest BCUT2D eigenvalue weighted by Gasteiger charge is -2.27. The second kappa shape index (κ2) is 7.87. The predicted molar refractivity (Wildman–Crippen MR) is 94.9 cm³/mol. The second-order valence-electron chi connectivity index (χ2n) is 5.75. The van der Waals surface area contributed by atoms with Crippen molar-refractivity contribution >= 4 is 17.8 Å². The van der Waals surface area contributed by atoms with Gasteiger partial charge in [0.1, 0.15) is 11.5 Å². The molecule has 9 nitrogen and oxygen atoms in total. The highest BCUT2D eigenvalue weighted by atomic mass is 16.5. The summed E-state index contributed by atoms with van der Waals surface area (Å²) in [6, 6.07) is 7.49. The Morgan fingerprint density at radius 3 is 1.92 bits per heavy atom. The van der Waals surface area contributed by atoms with Gasteiger partial charge in [-0.2, -0.15) is 15.0 Å². The summed E-state index contributed by atoms with van der Waals surface area (Å²) < 4.78 is 16.1. The van der Waals surface area contributed by atoms with E-state index in [0.29, 0.717) is 44.1 Å². The van der Waals surface area contributed by atoms with Gasteiger partial charge in [0, 0.05) is 13.1 Å². The van der Waals surface area contributed by atoms with Crippen LogP contribution in [0.1, 0.15) is 11.5 Å². The maximum absolute atomic E-state index is 5.41. The van der Waals surface area contributed by atoms with Crippen molar-refractivity contribution in [1.82, 2.24) is 15.0 Å². The maximum atomic E-state index is 5.41. The number of nitrogens with zero attached hydrogens (tertiary/aromatic N) is 4. The molecule has 26 heavy (non-hydrogen) atoms. The summed E-state index contributed by atoms with van der Waals surface area (Å²) in [6.07, 6.45) is 3.28. The highest BCUT2D eigenvalue weighted by Gasteiger charge is 2.17. The molecule has 0 aromatic carbocycles. The fourth-order valence-electron chi connectivity index (χ4n) is 2.59. The highest BCUT2D eigenvalue weighted by Crippen LogP contribution is 2.16. The van der Waals surface area contributed by atoms with E-state index < -0.39 is 0 Å². The molecule has 0 spiro atoms. The van der Waals surface area contributed by atoms with Crippen LogP contribution in [0, 0.1) is 0 Å². The van der Waals surface area contributed by atoms with E-state index in [4.69, 9.17) is 13.6 Å². The van der Waals surface area contributed by atoms with Crippen LogP contribution in [-0.4, -0.2) is 41.3 Å². The number of aromatic nitrogens is 3. The van der Waals surface area contributed by atoms with Gasteiger partial charge in [-0.15, -0.1) is 0 Å². The molecule has 4 rings (SSSR count). The second-order valence-corrected chi connectivity index (χ2v) is 5.75. The van der Waals surface area contributed by atoms with Crippen molar-refractivity contribution in [2.45, 2.75) is 13.1 Å². The van der Waals surface area contributed by atoms with Crippen LogP contribution in [0.25, 0.3) is 0 Å². The lowest BCUT2D eigenvalue weighted by Crippen LogP contribution is -2.37. The first-order chi connectivity index (χ1) is 12.9. The molecule has 3 aromatic heterocycles. The van der Waals surface area contributed by atoms with Gasteiger partial charge in [-0.25, -0.2) is 0 Å². The molecule has 0 amide bonds. The largest absolute Gasteiger partial charge is 0.467 e. The van der Waals surface area contributed by atoms with E-state index in [1.54, 1.807) is 12.5 Å². The molecule has 3 aromatic rings. The molecular weight excluding hydrogens is 336 g/mol. The van der Waals surface area contributed by atoms with Crippen molar-refractivity contribution < 1.29 is 13.6 Å². The van der Waals surface area contributed by atoms with Gasteiger partial charge in [-0.05, 0) is 24.3 Å². The topological polar surface area (TPSA) is 101 Å². The van der Waals surface area contributed by atoms with Crippen molar-refractivity contribution in [2.24, 2.45) is 0 Å². The number of rotatable bonds is 7. The van der Waals surface area contributed by atoms with Crippen LogP contribution in [0.15, 0.2) is 45.6 Å². The molecule has 4 heterocycles.